The molecule has 2 aromatic rings. The maximum atomic E-state index is 12.3. The summed E-state index contributed by atoms with van der Waals surface area (Å²) in [6.07, 6.45) is 1.42. The molecule has 3 rings (SSSR count). The number of benzene rings is 2. The number of nitrogens with one attached hydrogen (secondary N) is 1. The maximum absolute atomic E-state index is 12.3. The Labute approximate surface area is 169 Å². The highest BCUT2D eigenvalue weighted by Crippen LogP contribution is 2.32. The molecule has 0 spiro atoms. The summed E-state index contributed by atoms with van der Waals surface area (Å²) in [6, 6.07) is 12.5. The number of para-hydroxylation sites is 3. The molecule has 0 aromatic heterocycles. The van der Waals surface area contributed by atoms with Crippen molar-refractivity contribution in [3.63, 3.8) is 0 Å². The van der Waals surface area contributed by atoms with Gasteiger partial charge in [-0.25, -0.2) is 5.43 Å². The molecule has 8 heteroatoms. The van der Waals surface area contributed by atoms with Crippen LogP contribution in [0.5, 0.6) is 17.2 Å². The molecule has 0 bridgehead atoms. The van der Waals surface area contributed by atoms with Gasteiger partial charge in [-0.05, 0) is 38.1 Å². The van der Waals surface area contributed by atoms with E-state index in [1.807, 2.05) is 19.9 Å². The molecule has 1 N–H and O–H groups in total. The van der Waals surface area contributed by atoms with Crippen LogP contribution >= 0.6 is 0 Å². The number of hydrogen-bond donors (Lipinski definition) is 1. The highest BCUT2D eigenvalue weighted by molar-refractivity contribution is 6.02. The quantitative estimate of drug-likeness (QED) is 0.572. The lowest BCUT2D eigenvalue weighted by molar-refractivity contribution is -0.125. The second kappa shape index (κ2) is 9.09. The van der Waals surface area contributed by atoms with E-state index in [-0.39, 0.29) is 25.2 Å². The molecule has 152 valence electrons. The molecular weight excluding hydrogens is 374 g/mol. The van der Waals surface area contributed by atoms with Crippen LogP contribution in [0.15, 0.2) is 47.6 Å². The van der Waals surface area contributed by atoms with Crippen LogP contribution in [0.4, 0.5) is 5.69 Å². The number of nitrogens with zero attached hydrogens (tertiary/aromatic N) is 2. The van der Waals surface area contributed by atoms with Crippen LogP contribution in [0, 0.1) is 0 Å². The zero-order chi connectivity index (χ0) is 20.8. The molecule has 2 amide bonds. The minimum Gasteiger partial charge on any atom is -0.493 e. The largest absolute Gasteiger partial charge is 0.493 e. The van der Waals surface area contributed by atoms with E-state index in [1.165, 1.54) is 11.1 Å². The lowest BCUT2D eigenvalue weighted by Gasteiger charge is -2.28. The molecule has 0 unspecified atom stereocenters. The minimum atomic E-state index is -0.430. The smallest absolute Gasteiger partial charge is 0.265 e. The van der Waals surface area contributed by atoms with E-state index < -0.39 is 5.91 Å². The number of hydrogen-bond acceptors (Lipinski definition) is 6. The molecule has 0 fully saturated rings. The fourth-order valence-electron chi connectivity index (χ4n) is 2.84. The summed E-state index contributed by atoms with van der Waals surface area (Å²) < 4.78 is 16.5. The van der Waals surface area contributed by atoms with E-state index in [0.717, 1.165) is 0 Å². The van der Waals surface area contributed by atoms with Crippen molar-refractivity contribution in [2.24, 2.45) is 5.10 Å². The SMILES string of the molecule is COc1cccc(/C=N\NC(=O)CN2C(=O)COc3ccccc32)c1OC(C)C. The highest BCUT2D eigenvalue weighted by atomic mass is 16.5. The summed E-state index contributed by atoms with van der Waals surface area (Å²) in [7, 11) is 1.56. The van der Waals surface area contributed by atoms with Gasteiger partial charge < -0.3 is 14.2 Å². The van der Waals surface area contributed by atoms with Gasteiger partial charge in [0.25, 0.3) is 11.8 Å². The summed E-state index contributed by atoms with van der Waals surface area (Å²) in [5, 5.41) is 4.00. The molecule has 0 saturated carbocycles. The van der Waals surface area contributed by atoms with E-state index in [1.54, 1.807) is 43.5 Å². The second-order valence-electron chi connectivity index (χ2n) is 6.57. The van der Waals surface area contributed by atoms with Crippen LogP contribution in [0.25, 0.3) is 0 Å². The average Bonchev–Trinajstić information content (AvgIpc) is 2.71. The van der Waals surface area contributed by atoms with Crippen LogP contribution in [-0.2, 0) is 9.59 Å². The Hall–Kier alpha value is -3.55. The van der Waals surface area contributed by atoms with Gasteiger partial charge in [-0.2, -0.15) is 5.10 Å². The Morgan fingerprint density at radius 3 is 2.83 bits per heavy atom. The fourth-order valence-corrected chi connectivity index (χ4v) is 2.84. The minimum absolute atomic E-state index is 0.0551. The second-order valence-corrected chi connectivity index (χ2v) is 6.57. The van der Waals surface area contributed by atoms with Gasteiger partial charge in [-0.1, -0.05) is 18.2 Å². The number of hydrazone groups is 1. The number of rotatable bonds is 7. The summed E-state index contributed by atoms with van der Waals surface area (Å²) in [6.45, 7) is 3.55. The predicted octanol–water partition coefficient (Wildman–Crippen LogP) is 2.36. The molecule has 29 heavy (non-hydrogen) atoms. The van der Waals surface area contributed by atoms with E-state index in [4.69, 9.17) is 14.2 Å². The summed E-state index contributed by atoms with van der Waals surface area (Å²) in [4.78, 5) is 25.9. The predicted molar refractivity (Wildman–Crippen MR) is 109 cm³/mol. The van der Waals surface area contributed by atoms with Gasteiger partial charge in [0.15, 0.2) is 18.1 Å². The first-order chi connectivity index (χ1) is 14.0. The summed E-state index contributed by atoms with van der Waals surface area (Å²) in [5.74, 6) is 0.962. The van der Waals surface area contributed by atoms with Crippen molar-refractivity contribution in [3.05, 3.63) is 48.0 Å². The molecule has 0 saturated heterocycles. The summed E-state index contributed by atoms with van der Waals surface area (Å²) >= 11 is 0. The van der Waals surface area contributed by atoms with Crippen molar-refractivity contribution in [2.75, 3.05) is 25.2 Å². The third-order valence-corrected chi connectivity index (χ3v) is 4.09. The first kappa shape index (κ1) is 20.2. The van der Waals surface area contributed by atoms with Crippen molar-refractivity contribution in [3.8, 4) is 17.2 Å². The monoisotopic (exact) mass is 397 g/mol. The molecule has 0 radical (unpaired) electrons. The summed E-state index contributed by atoms with van der Waals surface area (Å²) in [5.41, 5.74) is 3.66. The van der Waals surface area contributed by atoms with E-state index >= 15 is 0 Å². The van der Waals surface area contributed by atoms with Gasteiger partial charge in [0.05, 0.1) is 25.1 Å². The number of amides is 2. The van der Waals surface area contributed by atoms with E-state index in [9.17, 15) is 9.59 Å². The average molecular weight is 397 g/mol. The standard InChI is InChI=1S/C21H23N3O5/c1-14(2)29-21-15(7-6-10-18(21)27-3)11-22-23-19(25)12-24-16-8-4-5-9-17(16)28-13-20(24)26/h4-11,14H,12-13H2,1-3H3,(H,23,25)/b22-11-. The lowest BCUT2D eigenvalue weighted by atomic mass is 10.2. The molecular formula is C21H23N3O5. The Kier molecular flexibility index (Phi) is 6.33. The van der Waals surface area contributed by atoms with Crippen molar-refractivity contribution in [1.29, 1.82) is 0 Å². The molecule has 0 aliphatic carbocycles. The topological polar surface area (TPSA) is 89.5 Å². The number of carbonyl (C=O) groups excluding carboxylic acids is 2. The third-order valence-electron chi connectivity index (χ3n) is 4.09. The Balaban J connectivity index is 1.69. The van der Waals surface area contributed by atoms with Crippen LogP contribution in [0.2, 0.25) is 0 Å². The van der Waals surface area contributed by atoms with Gasteiger partial charge in [0.2, 0.25) is 0 Å². The van der Waals surface area contributed by atoms with Crippen molar-refractivity contribution < 1.29 is 23.8 Å². The van der Waals surface area contributed by atoms with Gasteiger partial charge in [-0.3, -0.25) is 14.5 Å². The Morgan fingerprint density at radius 2 is 2.07 bits per heavy atom. The zero-order valence-corrected chi connectivity index (χ0v) is 16.5. The lowest BCUT2D eigenvalue weighted by Crippen LogP contribution is -2.44. The van der Waals surface area contributed by atoms with Crippen molar-refractivity contribution in [2.45, 2.75) is 20.0 Å². The zero-order valence-electron chi connectivity index (χ0n) is 16.5. The maximum Gasteiger partial charge on any atom is 0.265 e. The van der Waals surface area contributed by atoms with Gasteiger partial charge in [0, 0.05) is 5.56 Å². The van der Waals surface area contributed by atoms with Gasteiger partial charge in [0.1, 0.15) is 12.3 Å². The first-order valence-corrected chi connectivity index (χ1v) is 9.17. The Morgan fingerprint density at radius 1 is 1.28 bits per heavy atom. The van der Waals surface area contributed by atoms with Crippen LogP contribution in [-0.4, -0.2) is 44.4 Å². The highest BCUT2D eigenvalue weighted by Gasteiger charge is 2.26. The van der Waals surface area contributed by atoms with Crippen molar-refractivity contribution >= 4 is 23.7 Å². The third kappa shape index (κ3) is 4.84. The molecule has 1 aliphatic rings. The number of methoxy groups -OCH3 is 1. The molecule has 2 aromatic carbocycles. The molecule has 0 atom stereocenters. The molecule has 8 nitrogen and oxygen atoms in total. The first-order valence-electron chi connectivity index (χ1n) is 9.17. The molecule has 1 heterocycles. The van der Waals surface area contributed by atoms with Gasteiger partial charge >= 0.3 is 0 Å². The number of anilines is 1. The van der Waals surface area contributed by atoms with Crippen LogP contribution in [0.1, 0.15) is 19.4 Å². The number of ether oxygens (including phenoxy) is 3. The van der Waals surface area contributed by atoms with Crippen LogP contribution in [0.3, 0.4) is 0 Å². The van der Waals surface area contributed by atoms with Crippen LogP contribution < -0.4 is 24.5 Å². The normalized spacial score (nSPS) is 13.2. The van der Waals surface area contributed by atoms with Crippen molar-refractivity contribution in [1.82, 2.24) is 5.43 Å². The van der Waals surface area contributed by atoms with E-state index in [2.05, 4.69) is 10.5 Å². The Bertz CT molecular complexity index is 926. The molecule has 1 aliphatic heterocycles. The fraction of sp³-hybridized carbons (Fsp3) is 0.286. The number of fused-ring (bicyclic) bond motifs is 1. The number of carbonyl (C=O) groups is 2. The van der Waals surface area contributed by atoms with Gasteiger partial charge in [-0.15, -0.1) is 0 Å². The van der Waals surface area contributed by atoms with E-state index in [0.29, 0.717) is 28.5 Å².